The van der Waals surface area contributed by atoms with Crippen molar-refractivity contribution in [1.82, 2.24) is 4.90 Å². The zero-order valence-electron chi connectivity index (χ0n) is 13.1. The SMILES string of the molecule is C=C1N=C(N)C=CN1[C@@H]1O[C@H](CCP(=C)(C)C)[C@@H](O)[C@H]1C. The van der Waals surface area contributed by atoms with E-state index in [1.807, 2.05) is 18.0 Å². The predicted octanol–water partition coefficient (Wildman–Crippen LogP) is 1.47. The number of nitrogens with zero attached hydrogens (tertiary/aromatic N) is 2. The van der Waals surface area contributed by atoms with Crippen molar-refractivity contribution in [2.45, 2.75) is 31.8 Å². The third-order valence-electron chi connectivity index (χ3n) is 3.94. The highest BCUT2D eigenvalue weighted by molar-refractivity contribution is 7.72. The fraction of sp³-hybridized carbons (Fsp3) is 0.600. The second-order valence-electron chi connectivity index (χ2n) is 6.54. The van der Waals surface area contributed by atoms with Crippen molar-refractivity contribution in [1.29, 1.82) is 0 Å². The Kier molecular flexibility index (Phi) is 4.66. The van der Waals surface area contributed by atoms with E-state index in [0.29, 0.717) is 11.7 Å². The van der Waals surface area contributed by atoms with Crippen molar-refractivity contribution < 1.29 is 9.84 Å². The van der Waals surface area contributed by atoms with Crippen LogP contribution in [0.15, 0.2) is 29.7 Å². The van der Waals surface area contributed by atoms with Crippen LogP contribution in [-0.2, 0) is 4.74 Å². The van der Waals surface area contributed by atoms with Crippen molar-refractivity contribution in [3.05, 3.63) is 24.7 Å². The molecule has 118 valence electrons. The van der Waals surface area contributed by atoms with Crippen LogP contribution in [0, 0.1) is 5.92 Å². The summed E-state index contributed by atoms with van der Waals surface area (Å²) in [5.74, 6) is 0.962. The molecule has 0 radical (unpaired) electrons. The quantitative estimate of drug-likeness (QED) is 0.771. The fourth-order valence-electron chi connectivity index (χ4n) is 2.64. The number of rotatable bonds is 4. The van der Waals surface area contributed by atoms with Gasteiger partial charge in [-0.2, -0.15) is 0 Å². The first-order chi connectivity index (χ1) is 9.69. The minimum atomic E-state index is -1.11. The molecule has 2 aliphatic rings. The van der Waals surface area contributed by atoms with Gasteiger partial charge in [0.15, 0.2) is 0 Å². The van der Waals surface area contributed by atoms with Crippen LogP contribution in [0.4, 0.5) is 0 Å². The zero-order valence-corrected chi connectivity index (χ0v) is 14.0. The smallest absolute Gasteiger partial charge is 0.140 e. The van der Waals surface area contributed by atoms with Gasteiger partial charge in [0.2, 0.25) is 0 Å². The molecular formula is C15H26N3O2P. The van der Waals surface area contributed by atoms with Gasteiger partial charge in [-0.25, -0.2) is 4.99 Å². The number of hydrogen-bond acceptors (Lipinski definition) is 5. The second-order valence-corrected chi connectivity index (χ2v) is 10.9. The minimum absolute atomic E-state index is 0.0165. The Labute approximate surface area is 127 Å². The van der Waals surface area contributed by atoms with E-state index in [9.17, 15) is 5.11 Å². The molecule has 2 aliphatic heterocycles. The maximum atomic E-state index is 10.4. The maximum Gasteiger partial charge on any atom is 0.140 e. The molecule has 6 heteroatoms. The molecule has 2 rings (SSSR count). The average molecular weight is 311 g/mol. The Bertz CT molecular complexity index is 523. The summed E-state index contributed by atoms with van der Waals surface area (Å²) in [6.07, 6.45) is 8.70. The highest BCUT2D eigenvalue weighted by Gasteiger charge is 2.43. The summed E-state index contributed by atoms with van der Waals surface area (Å²) < 4.78 is 6.07. The molecule has 0 amide bonds. The summed E-state index contributed by atoms with van der Waals surface area (Å²) >= 11 is 0. The number of hydrogen-bond donors (Lipinski definition) is 2. The molecule has 0 bridgehead atoms. The van der Waals surface area contributed by atoms with Gasteiger partial charge >= 0.3 is 0 Å². The van der Waals surface area contributed by atoms with E-state index in [1.54, 1.807) is 6.08 Å². The lowest BCUT2D eigenvalue weighted by atomic mass is 10.00. The van der Waals surface area contributed by atoms with Gasteiger partial charge < -0.3 is 20.5 Å². The molecule has 0 aliphatic carbocycles. The maximum absolute atomic E-state index is 10.4. The van der Waals surface area contributed by atoms with E-state index in [2.05, 4.69) is 31.2 Å². The highest BCUT2D eigenvalue weighted by atomic mass is 31.2. The summed E-state index contributed by atoms with van der Waals surface area (Å²) in [5.41, 5.74) is 5.65. The monoisotopic (exact) mass is 311 g/mol. The summed E-state index contributed by atoms with van der Waals surface area (Å²) in [6.45, 7) is 9.17. The van der Waals surface area contributed by atoms with Crippen LogP contribution in [0.5, 0.6) is 0 Å². The van der Waals surface area contributed by atoms with Crippen LogP contribution in [0.1, 0.15) is 13.3 Å². The molecule has 4 atom stereocenters. The van der Waals surface area contributed by atoms with E-state index in [-0.39, 0.29) is 18.2 Å². The van der Waals surface area contributed by atoms with Gasteiger partial charge in [-0.05, 0) is 32.0 Å². The number of aliphatic hydroxyl groups excluding tert-OH is 1. The molecule has 21 heavy (non-hydrogen) atoms. The molecule has 0 saturated carbocycles. The van der Waals surface area contributed by atoms with Gasteiger partial charge in [0.1, 0.15) is 17.9 Å². The molecule has 0 aromatic rings. The molecule has 5 nitrogen and oxygen atoms in total. The zero-order chi connectivity index (χ0) is 15.8. The molecule has 3 N–H and O–H groups in total. The first kappa shape index (κ1) is 16.3. The Morgan fingerprint density at radius 1 is 1.52 bits per heavy atom. The second kappa shape index (κ2) is 5.99. The Hall–Kier alpha value is -1.03. The Morgan fingerprint density at radius 3 is 2.76 bits per heavy atom. The minimum Gasteiger partial charge on any atom is -0.390 e. The van der Waals surface area contributed by atoms with Gasteiger partial charge in [-0.3, -0.25) is 0 Å². The number of amidine groups is 1. The molecule has 0 unspecified atom stereocenters. The van der Waals surface area contributed by atoms with Crippen molar-refractivity contribution in [3.8, 4) is 0 Å². The Balaban J connectivity index is 2.05. The normalized spacial score (nSPS) is 33.4. The first-order valence-corrected chi connectivity index (χ1v) is 10.2. The number of ether oxygens (including phenoxy) is 1. The van der Waals surface area contributed by atoms with Gasteiger partial charge in [-0.1, -0.05) is 13.5 Å². The molecule has 0 aromatic carbocycles. The molecule has 1 fully saturated rings. The average Bonchev–Trinajstić information content (AvgIpc) is 2.64. The third-order valence-corrected chi connectivity index (χ3v) is 5.41. The predicted molar refractivity (Wildman–Crippen MR) is 90.9 cm³/mol. The molecule has 0 aromatic heterocycles. The number of aliphatic imine (C=N–C) groups is 1. The van der Waals surface area contributed by atoms with Crippen LogP contribution < -0.4 is 5.73 Å². The largest absolute Gasteiger partial charge is 0.390 e. The summed E-state index contributed by atoms with van der Waals surface area (Å²) in [6, 6.07) is 0. The third kappa shape index (κ3) is 3.79. The lowest BCUT2D eigenvalue weighted by Gasteiger charge is -2.31. The highest BCUT2D eigenvalue weighted by Crippen LogP contribution is 2.40. The van der Waals surface area contributed by atoms with Gasteiger partial charge in [0, 0.05) is 12.1 Å². The van der Waals surface area contributed by atoms with E-state index in [4.69, 9.17) is 10.5 Å². The van der Waals surface area contributed by atoms with E-state index >= 15 is 0 Å². The number of nitrogens with two attached hydrogens (primary N) is 1. The van der Waals surface area contributed by atoms with Crippen molar-refractivity contribution in [3.63, 3.8) is 0 Å². The Morgan fingerprint density at radius 2 is 2.19 bits per heavy atom. The van der Waals surface area contributed by atoms with E-state index in [0.717, 1.165) is 12.6 Å². The number of aliphatic hydroxyl groups is 1. The summed E-state index contributed by atoms with van der Waals surface area (Å²) in [7, 11) is 0. The van der Waals surface area contributed by atoms with Crippen LogP contribution in [0.25, 0.3) is 0 Å². The van der Waals surface area contributed by atoms with Gasteiger partial charge in [0.25, 0.3) is 0 Å². The molecule has 0 spiro atoms. The standard InChI is InChI=1S/C15H26N3O2P/c1-10-14(19)12(7-9-21(3,4)5)20-15(10)18-8-6-13(16)17-11(18)2/h6,8,10,12,14-15,19H,2-3,7,9H2,1,4-5H3,(H2,16,17)/t10-,12-,14+,15-/m1/s1. The van der Waals surface area contributed by atoms with Gasteiger partial charge in [0.05, 0.1) is 12.2 Å². The lowest BCUT2D eigenvalue weighted by Crippen LogP contribution is -2.37. The van der Waals surface area contributed by atoms with Crippen molar-refractivity contribution in [2.75, 3.05) is 19.5 Å². The van der Waals surface area contributed by atoms with Crippen LogP contribution >= 0.6 is 6.89 Å². The van der Waals surface area contributed by atoms with Crippen LogP contribution in [-0.4, -0.2) is 60.1 Å². The molecule has 1 saturated heterocycles. The summed E-state index contributed by atoms with van der Waals surface area (Å²) in [5, 5.41) is 10.4. The van der Waals surface area contributed by atoms with Crippen molar-refractivity contribution >= 4 is 19.0 Å². The van der Waals surface area contributed by atoms with E-state index < -0.39 is 13.0 Å². The van der Waals surface area contributed by atoms with Crippen molar-refractivity contribution in [2.24, 2.45) is 16.6 Å². The topological polar surface area (TPSA) is 71.1 Å². The molecule has 2 heterocycles. The van der Waals surface area contributed by atoms with E-state index in [1.165, 1.54) is 0 Å². The lowest BCUT2D eigenvalue weighted by molar-refractivity contribution is -0.0401. The first-order valence-electron chi connectivity index (χ1n) is 7.19. The molecular weight excluding hydrogens is 285 g/mol. The summed E-state index contributed by atoms with van der Waals surface area (Å²) in [4.78, 5) is 5.99. The van der Waals surface area contributed by atoms with Crippen LogP contribution in [0.2, 0.25) is 0 Å². The fourth-order valence-corrected chi connectivity index (χ4v) is 3.60. The van der Waals surface area contributed by atoms with Crippen LogP contribution in [0.3, 0.4) is 0 Å². The van der Waals surface area contributed by atoms with Gasteiger partial charge in [-0.15, -0.1) is 13.2 Å².